The average Bonchev–Trinajstić information content (AvgIpc) is 3.17. The first-order valence-electron chi connectivity index (χ1n) is 9.95. The highest BCUT2D eigenvalue weighted by molar-refractivity contribution is 6.31. The predicted molar refractivity (Wildman–Crippen MR) is 124 cm³/mol. The van der Waals surface area contributed by atoms with Crippen molar-refractivity contribution in [3.63, 3.8) is 0 Å². The molecule has 0 aromatic heterocycles. The molecule has 0 spiro atoms. The van der Waals surface area contributed by atoms with E-state index in [0.717, 1.165) is 28.2 Å². The van der Waals surface area contributed by atoms with Crippen molar-refractivity contribution in [3.8, 4) is 0 Å². The summed E-state index contributed by atoms with van der Waals surface area (Å²) >= 11 is 13.6. The maximum Gasteiger partial charge on any atom is 0.225 e. The van der Waals surface area contributed by atoms with Crippen LogP contribution >= 0.6 is 23.2 Å². The van der Waals surface area contributed by atoms with Crippen LogP contribution in [0, 0.1) is 5.41 Å². The molecule has 0 radical (unpaired) electrons. The third kappa shape index (κ3) is 2.60. The van der Waals surface area contributed by atoms with E-state index in [1.165, 1.54) is 0 Å². The first-order chi connectivity index (χ1) is 14.4. The monoisotopic (exact) mass is 433 g/mol. The normalized spacial score (nSPS) is 26.5. The van der Waals surface area contributed by atoms with Crippen molar-refractivity contribution in [1.82, 2.24) is 0 Å². The first kappa shape index (κ1) is 19.4. The van der Waals surface area contributed by atoms with Crippen LogP contribution < -0.4 is 0 Å². The SMILES string of the molecule is CC1(C)C(c2ccc(Cl)cc2)=N[C@@]2(c3ccccc3)C=C(c3ccccc3)O[C@@]12Cl. The number of halogens is 2. The molecule has 0 unspecified atom stereocenters. The molecule has 2 nitrogen and oxygen atoms in total. The molecule has 0 saturated carbocycles. The van der Waals surface area contributed by atoms with Gasteiger partial charge in [0.05, 0.1) is 11.1 Å². The molecular formula is C26H21Cl2NO. The molecule has 4 heteroatoms. The summed E-state index contributed by atoms with van der Waals surface area (Å²) in [6, 6.07) is 27.9. The lowest BCUT2D eigenvalue weighted by atomic mass is 9.72. The summed E-state index contributed by atoms with van der Waals surface area (Å²) in [6.07, 6.45) is 2.08. The summed E-state index contributed by atoms with van der Waals surface area (Å²) in [4.78, 5) is 5.29. The van der Waals surface area contributed by atoms with E-state index in [-0.39, 0.29) is 0 Å². The van der Waals surface area contributed by atoms with Gasteiger partial charge in [0.15, 0.2) is 5.54 Å². The lowest BCUT2D eigenvalue weighted by molar-refractivity contribution is 0.0329. The minimum atomic E-state index is -1.11. The van der Waals surface area contributed by atoms with Gasteiger partial charge in [-0.05, 0) is 43.2 Å². The number of benzene rings is 3. The van der Waals surface area contributed by atoms with Crippen molar-refractivity contribution < 1.29 is 4.74 Å². The molecular weight excluding hydrogens is 413 g/mol. The smallest absolute Gasteiger partial charge is 0.225 e. The number of hydrogen-bond acceptors (Lipinski definition) is 2. The number of nitrogens with zero attached hydrogens (tertiary/aromatic N) is 1. The lowest BCUT2D eigenvalue weighted by Crippen LogP contribution is -2.50. The fraction of sp³-hybridized carbons (Fsp3) is 0.192. The van der Waals surface area contributed by atoms with E-state index in [1.807, 2.05) is 72.8 Å². The summed E-state index contributed by atoms with van der Waals surface area (Å²) in [6.45, 7) is 4.19. The molecule has 5 rings (SSSR count). The Morgan fingerprint density at radius 1 is 0.767 bits per heavy atom. The number of aliphatic imine (C=N–C) groups is 1. The summed E-state index contributed by atoms with van der Waals surface area (Å²) in [5.41, 5.74) is 2.46. The van der Waals surface area contributed by atoms with Gasteiger partial charge in [-0.3, -0.25) is 4.99 Å². The molecule has 0 saturated heterocycles. The fourth-order valence-corrected chi connectivity index (χ4v) is 5.03. The molecule has 0 amide bonds. The minimum Gasteiger partial charge on any atom is -0.467 e. The van der Waals surface area contributed by atoms with E-state index in [4.69, 9.17) is 32.9 Å². The Bertz CT molecular complexity index is 1150. The molecule has 2 aliphatic heterocycles. The van der Waals surface area contributed by atoms with Crippen LogP contribution in [0.5, 0.6) is 0 Å². The van der Waals surface area contributed by atoms with Gasteiger partial charge in [0, 0.05) is 10.6 Å². The average molecular weight is 434 g/mol. The predicted octanol–water partition coefficient (Wildman–Crippen LogP) is 7.07. The van der Waals surface area contributed by atoms with E-state index >= 15 is 0 Å². The molecule has 2 atom stereocenters. The minimum absolute atomic E-state index is 0.578. The van der Waals surface area contributed by atoms with Crippen LogP contribution in [0.25, 0.3) is 5.76 Å². The zero-order valence-corrected chi connectivity index (χ0v) is 18.3. The number of fused-ring (bicyclic) bond motifs is 1. The summed E-state index contributed by atoms with van der Waals surface area (Å²) in [7, 11) is 0. The number of hydrogen-bond donors (Lipinski definition) is 0. The Morgan fingerprint density at radius 3 is 2.00 bits per heavy atom. The Morgan fingerprint density at radius 2 is 1.37 bits per heavy atom. The highest BCUT2D eigenvalue weighted by atomic mass is 35.5. The first-order valence-corrected chi connectivity index (χ1v) is 10.7. The van der Waals surface area contributed by atoms with Crippen LogP contribution in [0.1, 0.15) is 30.5 Å². The second-order valence-corrected chi connectivity index (χ2v) is 9.27. The van der Waals surface area contributed by atoms with E-state index in [0.29, 0.717) is 5.02 Å². The largest absolute Gasteiger partial charge is 0.467 e. The topological polar surface area (TPSA) is 21.6 Å². The quantitative estimate of drug-likeness (QED) is 0.404. The van der Waals surface area contributed by atoms with Crippen LogP contribution in [0.2, 0.25) is 5.02 Å². The van der Waals surface area contributed by atoms with Crippen molar-refractivity contribution in [2.45, 2.75) is 24.4 Å². The van der Waals surface area contributed by atoms with Crippen LogP contribution in [0.4, 0.5) is 0 Å². The van der Waals surface area contributed by atoms with Crippen molar-refractivity contribution in [1.29, 1.82) is 0 Å². The van der Waals surface area contributed by atoms with E-state index in [9.17, 15) is 0 Å². The second kappa shape index (κ2) is 6.73. The zero-order valence-electron chi connectivity index (χ0n) is 16.8. The summed E-state index contributed by atoms with van der Waals surface area (Å²) < 4.78 is 6.59. The van der Waals surface area contributed by atoms with E-state index < -0.39 is 16.0 Å². The highest BCUT2D eigenvalue weighted by Crippen LogP contribution is 2.64. The zero-order chi connectivity index (χ0) is 21.0. The Balaban J connectivity index is 1.77. The molecule has 150 valence electrons. The Kier molecular flexibility index (Phi) is 4.36. The van der Waals surface area contributed by atoms with Gasteiger partial charge in [-0.1, -0.05) is 96.0 Å². The van der Waals surface area contributed by atoms with Gasteiger partial charge < -0.3 is 4.74 Å². The van der Waals surface area contributed by atoms with Gasteiger partial charge in [0.2, 0.25) is 5.06 Å². The van der Waals surface area contributed by atoms with Crippen LogP contribution in [-0.4, -0.2) is 10.8 Å². The fourth-order valence-electron chi connectivity index (χ4n) is 4.52. The van der Waals surface area contributed by atoms with Gasteiger partial charge in [-0.15, -0.1) is 0 Å². The molecule has 0 N–H and O–H groups in total. The molecule has 0 fully saturated rings. The number of ether oxygens (including phenoxy) is 1. The third-order valence-electron chi connectivity index (χ3n) is 6.15. The Hall–Kier alpha value is -2.55. The van der Waals surface area contributed by atoms with Gasteiger partial charge in [-0.2, -0.15) is 0 Å². The maximum atomic E-state index is 7.46. The highest BCUT2D eigenvalue weighted by Gasteiger charge is 2.70. The third-order valence-corrected chi connectivity index (χ3v) is 7.24. The van der Waals surface area contributed by atoms with E-state index in [2.05, 4.69) is 32.1 Å². The van der Waals surface area contributed by atoms with E-state index in [1.54, 1.807) is 0 Å². The lowest BCUT2D eigenvalue weighted by Gasteiger charge is -2.41. The van der Waals surface area contributed by atoms with Gasteiger partial charge in [0.1, 0.15) is 5.76 Å². The van der Waals surface area contributed by atoms with Gasteiger partial charge in [-0.25, -0.2) is 0 Å². The molecule has 30 heavy (non-hydrogen) atoms. The second-order valence-electron chi connectivity index (χ2n) is 8.30. The Labute approximate surface area is 186 Å². The van der Waals surface area contributed by atoms with Crippen molar-refractivity contribution in [2.24, 2.45) is 10.4 Å². The maximum absolute atomic E-state index is 7.46. The van der Waals surface area contributed by atoms with Gasteiger partial charge >= 0.3 is 0 Å². The number of rotatable bonds is 3. The molecule has 0 aliphatic carbocycles. The molecule has 2 heterocycles. The standard InChI is InChI=1S/C26H21Cl2NO/c1-24(2)23(19-13-15-21(27)16-14-19)29-25(20-11-7-4-8-12-20)17-22(30-26(24,25)28)18-9-5-3-6-10-18/h3-17H,1-2H3/t25-,26+/m1/s1. The van der Waals surface area contributed by atoms with Crippen molar-refractivity contribution in [2.75, 3.05) is 0 Å². The molecule has 3 aromatic rings. The molecule has 2 aliphatic rings. The van der Waals surface area contributed by atoms with Gasteiger partial charge in [0.25, 0.3) is 0 Å². The van der Waals surface area contributed by atoms with Crippen LogP contribution in [0.3, 0.4) is 0 Å². The number of alkyl halides is 1. The van der Waals surface area contributed by atoms with Crippen molar-refractivity contribution in [3.05, 3.63) is 113 Å². The van der Waals surface area contributed by atoms with Crippen molar-refractivity contribution >= 4 is 34.7 Å². The van der Waals surface area contributed by atoms with Crippen LogP contribution in [0.15, 0.2) is 96.0 Å². The molecule has 3 aromatic carbocycles. The summed E-state index contributed by atoms with van der Waals surface area (Å²) in [5.74, 6) is 0.751. The molecule has 0 bridgehead atoms. The van der Waals surface area contributed by atoms with Crippen LogP contribution in [-0.2, 0) is 10.3 Å². The summed E-state index contributed by atoms with van der Waals surface area (Å²) in [5, 5.41) is -0.419.